The number of allylic oxidation sites excluding steroid dienone is 1. The monoisotopic (exact) mass is 340 g/mol. The van der Waals surface area contributed by atoms with Gasteiger partial charge in [-0.1, -0.05) is 42.5 Å². The van der Waals surface area contributed by atoms with Crippen LogP contribution in [0.5, 0.6) is 0 Å². The van der Waals surface area contributed by atoms with Gasteiger partial charge < -0.3 is 15.4 Å². The van der Waals surface area contributed by atoms with Gasteiger partial charge in [0.2, 0.25) is 0 Å². The van der Waals surface area contributed by atoms with Gasteiger partial charge in [0.25, 0.3) is 0 Å². The first kappa shape index (κ1) is 16.7. The van der Waals surface area contributed by atoms with Crippen LogP contribution in [0, 0.1) is 5.82 Å². The van der Waals surface area contributed by atoms with Gasteiger partial charge in [-0.05, 0) is 30.2 Å². The molecule has 0 spiro atoms. The smallest absolute Gasteiger partial charge is 0.338 e. The summed E-state index contributed by atoms with van der Waals surface area (Å²) in [5.41, 5.74) is 1.96. The number of esters is 1. The molecule has 0 unspecified atom stereocenters. The molecule has 0 saturated carbocycles. The highest BCUT2D eigenvalue weighted by Crippen LogP contribution is 2.28. The zero-order valence-electron chi connectivity index (χ0n) is 13.6. The number of carbonyl (C=O) groups is 2. The van der Waals surface area contributed by atoms with Crippen molar-refractivity contribution in [2.75, 3.05) is 0 Å². The van der Waals surface area contributed by atoms with Crippen molar-refractivity contribution in [2.24, 2.45) is 0 Å². The van der Waals surface area contributed by atoms with Crippen molar-refractivity contribution >= 4 is 12.0 Å². The van der Waals surface area contributed by atoms with Crippen LogP contribution in [0.15, 0.2) is 65.9 Å². The normalized spacial score (nSPS) is 16.9. The van der Waals surface area contributed by atoms with E-state index in [1.165, 1.54) is 18.2 Å². The number of halogens is 1. The second-order valence-electron chi connectivity index (χ2n) is 5.69. The summed E-state index contributed by atoms with van der Waals surface area (Å²) in [6, 6.07) is 13.8. The lowest BCUT2D eigenvalue weighted by Crippen LogP contribution is -2.45. The van der Waals surface area contributed by atoms with Crippen molar-refractivity contribution in [1.29, 1.82) is 0 Å². The van der Waals surface area contributed by atoms with E-state index in [2.05, 4.69) is 10.6 Å². The van der Waals surface area contributed by atoms with Gasteiger partial charge in [0.1, 0.15) is 12.4 Å². The van der Waals surface area contributed by atoms with Crippen molar-refractivity contribution in [3.63, 3.8) is 0 Å². The predicted molar refractivity (Wildman–Crippen MR) is 89.7 cm³/mol. The van der Waals surface area contributed by atoms with Crippen molar-refractivity contribution in [3.05, 3.63) is 82.8 Å². The van der Waals surface area contributed by atoms with Gasteiger partial charge in [0.15, 0.2) is 0 Å². The third-order valence-electron chi connectivity index (χ3n) is 3.88. The Kier molecular flexibility index (Phi) is 4.79. The van der Waals surface area contributed by atoms with Crippen LogP contribution in [0.2, 0.25) is 0 Å². The van der Waals surface area contributed by atoms with Crippen LogP contribution in [-0.4, -0.2) is 12.0 Å². The largest absolute Gasteiger partial charge is 0.457 e. The Balaban J connectivity index is 1.85. The zero-order chi connectivity index (χ0) is 17.8. The number of amides is 2. The molecule has 1 aliphatic rings. The van der Waals surface area contributed by atoms with Crippen LogP contribution >= 0.6 is 0 Å². The van der Waals surface area contributed by atoms with Crippen LogP contribution in [-0.2, 0) is 16.1 Å². The lowest BCUT2D eigenvalue weighted by Gasteiger charge is -2.28. The fourth-order valence-corrected chi connectivity index (χ4v) is 2.70. The van der Waals surface area contributed by atoms with E-state index in [9.17, 15) is 14.0 Å². The topological polar surface area (TPSA) is 67.4 Å². The van der Waals surface area contributed by atoms with E-state index in [0.29, 0.717) is 11.3 Å². The number of carbonyl (C=O) groups excluding carboxylic acids is 2. The molecule has 0 fully saturated rings. The quantitative estimate of drug-likeness (QED) is 0.840. The fourth-order valence-electron chi connectivity index (χ4n) is 2.70. The van der Waals surface area contributed by atoms with Gasteiger partial charge in [-0.25, -0.2) is 14.0 Å². The zero-order valence-corrected chi connectivity index (χ0v) is 13.6. The summed E-state index contributed by atoms with van der Waals surface area (Å²) in [5, 5.41) is 5.20. The molecule has 5 nitrogen and oxygen atoms in total. The second-order valence-corrected chi connectivity index (χ2v) is 5.69. The maximum absolute atomic E-state index is 13.6. The lowest BCUT2D eigenvalue weighted by atomic mass is 9.95. The molecule has 0 saturated heterocycles. The first-order valence-electron chi connectivity index (χ1n) is 7.79. The molecule has 6 heteroatoms. The molecule has 2 N–H and O–H groups in total. The Labute approximate surface area is 144 Å². The van der Waals surface area contributed by atoms with Gasteiger partial charge in [0, 0.05) is 5.70 Å². The third kappa shape index (κ3) is 3.85. The van der Waals surface area contributed by atoms with Crippen LogP contribution in [0.25, 0.3) is 0 Å². The van der Waals surface area contributed by atoms with E-state index in [1.54, 1.807) is 13.0 Å². The van der Waals surface area contributed by atoms with Crippen LogP contribution in [0.4, 0.5) is 9.18 Å². The van der Waals surface area contributed by atoms with E-state index in [4.69, 9.17) is 4.74 Å². The molecule has 2 aromatic rings. The molecule has 0 radical (unpaired) electrons. The highest BCUT2D eigenvalue weighted by Gasteiger charge is 2.32. The van der Waals surface area contributed by atoms with Crippen molar-refractivity contribution in [2.45, 2.75) is 19.6 Å². The van der Waals surface area contributed by atoms with E-state index < -0.39 is 23.9 Å². The minimum atomic E-state index is -0.771. The van der Waals surface area contributed by atoms with Gasteiger partial charge in [0.05, 0.1) is 11.6 Å². The maximum Gasteiger partial charge on any atom is 0.338 e. The Morgan fingerprint density at radius 2 is 1.92 bits per heavy atom. The summed E-state index contributed by atoms with van der Waals surface area (Å²) in [6.45, 7) is 1.73. The van der Waals surface area contributed by atoms with Gasteiger partial charge in [-0.2, -0.15) is 0 Å². The van der Waals surface area contributed by atoms with Gasteiger partial charge in [-0.3, -0.25) is 0 Å². The Morgan fingerprint density at radius 1 is 1.16 bits per heavy atom. The minimum absolute atomic E-state index is 0.111. The molecular formula is C19H17FN2O3. The molecule has 128 valence electrons. The number of nitrogens with one attached hydrogen (secondary N) is 2. The van der Waals surface area contributed by atoms with Crippen molar-refractivity contribution in [3.8, 4) is 0 Å². The molecule has 25 heavy (non-hydrogen) atoms. The number of ether oxygens (including phenoxy) is 1. The number of hydrogen-bond acceptors (Lipinski definition) is 3. The Morgan fingerprint density at radius 3 is 2.64 bits per heavy atom. The SMILES string of the molecule is CC1=C(C(=O)OCc2ccccc2)[C@H](c2cccc(F)c2)NC(=O)N1. The maximum atomic E-state index is 13.6. The van der Waals surface area contributed by atoms with Gasteiger partial charge >= 0.3 is 12.0 Å². The van der Waals surface area contributed by atoms with Gasteiger partial charge in [-0.15, -0.1) is 0 Å². The summed E-state index contributed by atoms with van der Waals surface area (Å²) < 4.78 is 18.9. The molecule has 0 bridgehead atoms. The summed E-state index contributed by atoms with van der Waals surface area (Å²) >= 11 is 0. The standard InChI is InChI=1S/C19H17FN2O3/c1-12-16(18(23)25-11-13-6-3-2-4-7-13)17(22-19(24)21-12)14-8-5-9-15(20)10-14/h2-10,17H,11H2,1H3,(H2,21,22,24)/t17-/m0/s1. The molecule has 1 atom stereocenters. The Hall–Kier alpha value is -3.15. The molecule has 1 heterocycles. The summed E-state index contributed by atoms with van der Waals surface area (Å²) in [5.74, 6) is -1.01. The average molecular weight is 340 g/mol. The molecule has 2 amide bonds. The molecule has 2 aromatic carbocycles. The van der Waals surface area contributed by atoms with Crippen molar-refractivity contribution < 1.29 is 18.7 Å². The van der Waals surface area contributed by atoms with Crippen LogP contribution in [0.3, 0.4) is 0 Å². The first-order valence-corrected chi connectivity index (χ1v) is 7.79. The molecule has 0 aromatic heterocycles. The fraction of sp³-hybridized carbons (Fsp3) is 0.158. The first-order chi connectivity index (χ1) is 12.0. The van der Waals surface area contributed by atoms with Crippen LogP contribution in [0.1, 0.15) is 24.1 Å². The molecule has 0 aliphatic carbocycles. The highest BCUT2D eigenvalue weighted by molar-refractivity contribution is 5.95. The van der Waals surface area contributed by atoms with E-state index in [1.807, 2.05) is 30.3 Å². The summed E-state index contributed by atoms with van der Waals surface area (Å²) in [4.78, 5) is 24.4. The van der Waals surface area contributed by atoms with E-state index >= 15 is 0 Å². The minimum Gasteiger partial charge on any atom is -0.457 e. The van der Waals surface area contributed by atoms with Crippen LogP contribution < -0.4 is 10.6 Å². The Bertz CT molecular complexity index is 834. The number of benzene rings is 2. The molecular weight excluding hydrogens is 323 g/mol. The van der Waals surface area contributed by atoms with Crippen molar-refractivity contribution in [1.82, 2.24) is 10.6 Å². The number of rotatable bonds is 4. The lowest BCUT2D eigenvalue weighted by molar-refractivity contribution is -0.140. The summed E-state index contributed by atoms with van der Waals surface area (Å²) in [6.07, 6.45) is 0. The second kappa shape index (κ2) is 7.17. The van der Waals surface area contributed by atoms with E-state index in [0.717, 1.165) is 5.56 Å². The highest BCUT2D eigenvalue weighted by atomic mass is 19.1. The predicted octanol–water partition coefficient (Wildman–Crippen LogP) is 3.20. The third-order valence-corrected chi connectivity index (χ3v) is 3.88. The average Bonchev–Trinajstić information content (AvgIpc) is 2.60. The van der Waals surface area contributed by atoms with E-state index in [-0.39, 0.29) is 12.2 Å². The number of hydrogen-bond donors (Lipinski definition) is 2. The molecule has 1 aliphatic heterocycles. The molecule has 3 rings (SSSR count). The number of urea groups is 1. The summed E-state index contributed by atoms with van der Waals surface area (Å²) in [7, 11) is 0.